The molecule has 0 aromatic heterocycles. The Kier molecular flexibility index (Phi) is 5.78. The van der Waals surface area contributed by atoms with Gasteiger partial charge in [-0.25, -0.2) is 4.21 Å². The monoisotopic (exact) mass is 178 g/mol. The lowest BCUT2D eigenvalue weighted by Crippen LogP contribution is -2.09. The highest BCUT2D eigenvalue weighted by Crippen LogP contribution is 2.10. The highest BCUT2D eigenvalue weighted by molar-refractivity contribution is 7.79. The molecule has 0 spiro atoms. The Morgan fingerprint density at radius 2 is 1.82 bits per heavy atom. The molecule has 0 aromatic rings. The first kappa shape index (κ1) is 11.1. The Hall–Kier alpha value is 0.110. The molecule has 0 aromatic carbocycles. The first-order valence-electron chi connectivity index (χ1n) is 4.13. The lowest BCUT2D eigenvalue weighted by Gasteiger charge is -2.07. The zero-order valence-corrected chi connectivity index (χ0v) is 8.36. The van der Waals surface area contributed by atoms with Crippen LogP contribution in [0.15, 0.2) is 0 Å². The van der Waals surface area contributed by atoms with Crippen molar-refractivity contribution in [2.75, 3.05) is 0 Å². The van der Waals surface area contributed by atoms with E-state index in [1.807, 2.05) is 6.92 Å². The molecule has 0 rings (SSSR count). The van der Waals surface area contributed by atoms with Crippen molar-refractivity contribution >= 4 is 11.1 Å². The number of rotatable bonds is 5. The molecule has 68 valence electrons. The Morgan fingerprint density at radius 1 is 1.27 bits per heavy atom. The molecule has 0 saturated heterocycles. The summed E-state index contributed by atoms with van der Waals surface area (Å²) >= 11 is -1.63. The van der Waals surface area contributed by atoms with Crippen LogP contribution in [0.5, 0.6) is 0 Å². The lowest BCUT2D eigenvalue weighted by molar-refractivity contribution is 0.511. The van der Waals surface area contributed by atoms with Gasteiger partial charge in [-0.1, -0.05) is 26.7 Å². The van der Waals surface area contributed by atoms with E-state index >= 15 is 0 Å². The summed E-state index contributed by atoms with van der Waals surface area (Å²) in [5.74, 6) is 0.703. The molecule has 0 fully saturated rings. The van der Waals surface area contributed by atoms with Gasteiger partial charge in [0.2, 0.25) is 0 Å². The third-order valence-electron chi connectivity index (χ3n) is 1.74. The third-order valence-corrected chi connectivity index (χ3v) is 2.66. The van der Waals surface area contributed by atoms with E-state index < -0.39 is 11.1 Å². The Labute approximate surface area is 71.7 Å². The van der Waals surface area contributed by atoms with Crippen molar-refractivity contribution in [3.05, 3.63) is 0 Å². The molecule has 0 saturated carbocycles. The van der Waals surface area contributed by atoms with Crippen molar-refractivity contribution in [3.63, 3.8) is 0 Å². The average molecular weight is 178 g/mol. The van der Waals surface area contributed by atoms with Crippen molar-refractivity contribution < 1.29 is 8.76 Å². The Morgan fingerprint density at radius 3 is 2.18 bits per heavy atom. The number of hydrogen-bond acceptors (Lipinski definition) is 1. The zero-order valence-electron chi connectivity index (χ0n) is 7.54. The van der Waals surface area contributed by atoms with Gasteiger partial charge in [-0.2, -0.15) is 0 Å². The van der Waals surface area contributed by atoms with Crippen LogP contribution in [0.3, 0.4) is 0 Å². The second-order valence-electron chi connectivity index (χ2n) is 3.41. The van der Waals surface area contributed by atoms with Crippen LogP contribution in [0.1, 0.15) is 40.0 Å². The molecule has 0 heterocycles. The molecule has 0 radical (unpaired) electrons. The molecule has 0 aliphatic carbocycles. The highest BCUT2D eigenvalue weighted by atomic mass is 32.2. The first-order chi connectivity index (χ1) is 5.04. The fourth-order valence-corrected chi connectivity index (χ4v) is 1.28. The molecule has 0 aliphatic rings. The van der Waals surface area contributed by atoms with Crippen LogP contribution in [0.25, 0.3) is 0 Å². The van der Waals surface area contributed by atoms with E-state index in [-0.39, 0.29) is 5.25 Å². The van der Waals surface area contributed by atoms with Crippen molar-refractivity contribution in [1.29, 1.82) is 0 Å². The van der Waals surface area contributed by atoms with Gasteiger partial charge in [0.1, 0.15) is 0 Å². The van der Waals surface area contributed by atoms with Crippen molar-refractivity contribution in [1.82, 2.24) is 0 Å². The Bertz CT molecular complexity index is 123. The van der Waals surface area contributed by atoms with E-state index in [9.17, 15) is 4.21 Å². The topological polar surface area (TPSA) is 37.3 Å². The SMILES string of the molecule is CC(C)CCCC(C)S(=O)O. The minimum atomic E-state index is -1.63. The fourth-order valence-electron chi connectivity index (χ4n) is 0.914. The van der Waals surface area contributed by atoms with Gasteiger partial charge in [-0.15, -0.1) is 0 Å². The lowest BCUT2D eigenvalue weighted by atomic mass is 10.1. The van der Waals surface area contributed by atoms with E-state index in [2.05, 4.69) is 13.8 Å². The van der Waals surface area contributed by atoms with E-state index in [1.165, 1.54) is 0 Å². The Balaban J connectivity index is 3.31. The largest absolute Gasteiger partial charge is 0.306 e. The maximum absolute atomic E-state index is 10.5. The molecule has 1 N–H and O–H groups in total. The second-order valence-corrected chi connectivity index (χ2v) is 4.77. The van der Waals surface area contributed by atoms with Gasteiger partial charge in [0, 0.05) is 0 Å². The van der Waals surface area contributed by atoms with Gasteiger partial charge < -0.3 is 4.55 Å². The van der Waals surface area contributed by atoms with Crippen LogP contribution >= 0.6 is 0 Å². The van der Waals surface area contributed by atoms with Gasteiger partial charge >= 0.3 is 0 Å². The van der Waals surface area contributed by atoms with Crippen molar-refractivity contribution in [2.24, 2.45) is 5.92 Å². The van der Waals surface area contributed by atoms with Crippen LogP contribution in [-0.4, -0.2) is 14.0 Å². The maximum Gasteiger partial charge on any atom is 0.155 e. The summed E-state index contributed by atoms with van der Waals surface area (Å²) < 4.78 is 19.1. The van der Waals surface area contributed by atoms with E-state index in [4.69, 9.17) is 4.55 Å². The summed E-state index contributed by atoms with van der Waals surface area (Å²) in [5, 5.41) is -0.0613. The predicted octanol–water partition coefficient (Wildman–Crippen LogP) is 2.42. The molecule has 3 heteroatoms. The van der Waals surface area contributed by atoms with Gasteiger partial charge in [-0.3, -0.25) is 0 Å². The van der Waals surface area contributed by atoms with Crippen molar-refractivity contribution in [3.8, 4) is 0 Å². The maximum atomic E-state index is 10.5. The zero-order chi connectivity index (χ0) is 8.85. The quantitative estimate of drug-likeness (QED) is 0.656. The number of hydrogen-bond donors (Lipinski definition) is 1. The van der Waals surface area contributed by atoms with Gasteiger partial charge in [0.15, 0.2) is 11.1 Å². The van der Waals surface area contributed by atoms with E-state index in [1.54, 1.807) is 0 Å². The van der Waals surface area contributed by atoms with Crippen LogP contribution in [0, 0.1) is 5.92 Å². The molecule has 0 aliphatic heterocycles. The summed E-state index contributed by atoms with van der Waals surface area (Å²) in [4.78, 5) is 0. The van der Waals surface area contributed by atoms with Gasteiger partial charge in [0.05, 0.1) is 5.25 Å². The van der Waals surface area contributed by atoms with Crippen LogP contribution in [-0.2, 0) is 11.1 Å². The highest BCUT2D eigenvalue weighted by Gasteiger charge is 2.07. The van der Waals surface area contributed by atoms with Crippen LogP contribution in [0.4, 0.5) is 0 Å². The average Bonchev–Trinajstić information content (AvgIpc) is 1.86. The second kappa shape index (κ2) is 5.72. The minimum absolute atomic E-state index is 0.0613. The fraction of sp³-hybridized carbons (Fsp3) is 1.00. The third kappa shape index (κ3) is 6.51. The summed E-state index contributed by atoms with van der Waals surface area (Å²) in [6.45, 7) is 6.15. The predicted molar refractivity (Wildman–Crippen MR) is 48.9 cm³/mol. The van der Waals surface area contributed by atoms with Crippen molar-refractivity contribution in [2.45, 2.75) is 45.3 Å². The standard InChI is InChI=1S/C8H18O2S/c1-7(2)5-4-6-8(3)11(9)10/h7-8H,4-6H2,1-3H3,(H,9,10). The summed E-state index contributed by atoms with van der Waals surface area (Å²) in [5.41, 5.74) is 0. The smallest absolute Gasteiger partial charge is 0.155 e. The summed E-state index contributed by atoms with van der Waals surface area (Å²) in [7, 11) is 0. The molecule has 11 heavy (non-hydrogen) atoms. The summed E-state index contributed by atoms with van der Waals surface area (Å²) in [6, 6.07) is 0. The van der Waals surface area contributed by atoms with Crippen LogP contribution in [0.2, 0.25) is 0 Å². The van der Waals surface area contributed by atoms with Gasteiger partial charge in [0.25, 0.3) is 0 Å². The molecule has 2 unspecified atom stereocenters. The molecular formula is C8H18O2S. The summed E-state index contributed by atoms with van der Waals surface area (Å²) in [6.07, 6.45) is 3.08. The van der Waals surface area contributed by atoms with Crippen LogP contribution < -0.4 is 0 Å². The van der Waals surface area contributed by atoms with E-state index in [0.29, 0.717) is 5.92 Å². The van der Waals surface area contributed by atoms with E-state index in [0.717, 1.165) is 19.3 Å². The normalized spacial score (nSPS) is 16.8. The van der Waals surface area contributed by atoms with Gasteiger partial charge in [-0.05, 0) is 19.3 Å². The molecule has 0 bridgehead atoms. The minimum Gasteiger partial charge on any atom is -0.306 e. The molecule has 2 nitrogen and oxygen atoms in total. The molecular weight excluding hydrogens is 160 g/mol. The first-order valence-corrected chi connectivity index (χ1v) is 5.30. The molecule has 2 atom stereocenters. The molecule has 0 amide bonds.